The fraction of sp³-hybridized carbons (Fsp3) is 0.368. The van der Waals surface area contributed by atoms with Crippen molar-refractivity contribution in [2.24, 2.45) is 0 Å². The Hall–Kier alpha value is -1.83. The summed E-state index contributed by atoms with van der Waals surface area (Å²) in [7, 11) is 1.97. The van der Waals surface area contributed by atoms with Gasteiger partial charge in [-0.2, -0.15) is 0 Å². The summed E-state index contributed by atoms with van der Waals surface area (Å²) in [6.07, 6.45) is 3.15. The highest BCUT2D eigenvalue weighted by molar-refractivity contribution is 5.52. The molecule has 1 unspecified atom stereocenters. The van der Waals surface area contributed by atoms with Crippen LogP contribution in [-0.2, 0) is 12.8 Å². The first kappa shape index (κ1) is 15.6. The topological polar surface area (TPSA) is 12.0 Å². The van der Waals surface area contributed by atoms with Crippen molar-refractivity contribution in [1.29, 1.82) is 0 Å². The van der Waals surface area contributed by atoms with Crippen LogP contribution in [0.25, 0.3) is 0 Å². The lowest BCUT2D eigenvalue weighted by Crippen LogP contribution is -2.01. The minimum absolute atomic E-state index is 0.168. The lowest BCUT2D eigenvalue weighted by Gasteiger charge is -2.15. The quantitative estimate of drug-likeness (QED) is 0.772. The molecule has 1 N–H and O–H groups in total. The van der Waals surface area contributed by atoms with E-state index in [-0.39, 0.29) is 5.82 Å². The van der Waals surface area contributed by atoms with Crippen LogP contribution in [0.15, 0.2) is 42.5 Å². The molecule has 0 fully saturated rings. The van der Waals surface area contributed by atoms with Gasteiger partial charge in [-0.25, -0.2) is 4.39 Å². The predicted octanol–water partition coefficient (Wildman–Crippen LogP) is 5.17. The number of aryl methyl sites for hydroxylation is 2. The smallest absolute Gasteiger partial charge is 0.123 e. The van der Waals surface area contributed by atoms with Gasteiger partial charge in [-0.05, 0) is 60.1 Å². The van der Waals surface area contributed by atoms with Crippen LogP contribution < -0.4 is 5.32 Å². The Balaban J connectivity index is 2.06. The van der Waals surface area contributed by atoms with Gasteiger partial charge >= 0.3 is 0 Å². The van der Waals surface area contributed by atoms with Gasteiger partial charge in [-0.3, -0.25) is 0 Å². The first-order chi connectivity index (χ1) is 10.1. The number of hydrogen-bond acceptors (Lipinski definition) is 1. The molecule has 0 aliphatic carbocycles. The van der Waals surface area contributed by atoms with E-state index in [0.29, 0.717) is 5.92 Å². The van der Waals surface area contributed by atoms with Crippen LogP contribution in [0.4, 0.5) is 10.1 Å². The summed E-state index contributed by atoms with van der Waals surface area (Å²) in [6.45, 7) is 4.38. The van der Waals surface area contributed by atoms with E-state index in [2.05, 4.69) is 37.4 Å². The first-order valence-electron chi connectivity index (χ1n) is 7.69. The second kappa shape index (κ2) is 7.26. The van der Waals surface area contributed by atoms with Crippen LogP contribution in [-0.4, -0.2) is 7.05 Å². The van der Waals surface area contributed by atoms with Crippen molar-refractivity contribution < 1.29 is 4.39 Å². The highest BCUT2D eigenvalue weighted by Gasteiger charge is 2.08. The van der Waals surface area contributed by atoms with E-state index >= 15 is 0 Å². The Morgan fingerprint density at radius 1 is 1.10 bits per heavy atom. The average Bonchev–Trinajstić information content (AvgIpc) is 2.52. The molecule has 112 valence electrons. The minimum atomic E-state index is -0.168. The number of hydrogen-bond donors (Lipinski definition) is 1. The van der Waals surface area contributed by atoms with Crippen LogP contribution >= 0.6 is 0 Å². The van der Waals surface area contributed by atoms with Crippen molar-refractivity contribution in [3.05, 3.63) is 65.0 Å². The molecule has 0 aromatic heterocycles. The van der Waals surface area contributed by atoms with Crippen LogP contribution in [0.3, 0.4) is 0 Å². The highest BCUT2D eigenvalue weighted by Crippen LogP contribution is 2.25. The van der Waals surface area contributed by atoms with Crippen LogP contribution in [0, 0.1) is 5.82 Å². The maximum absolute atomic E-state index is 13.0. The third kappa shape index (κ3) is 4.07. The first-order valence-corrected chi connectivity index (χ1v) is 7.69. The van der Waals surface area contributed by atoms with Crippen LogP contribution in [0.1, 0.15) is 42.9 Å². The molecule has 2 aromatic rings. The molecule has 2 heteroatoms. The van der Waals surface area contributed by atoms with Crippen LogP contribution in [0.5, 0.6) is 0 Å². The Kier molecular flexibility index (Phi) is 5.38. The second-order valence-corrected chi connectivity index (χ2v) is 5.59. The van der Waals surface area contributed by atoms with Crippen molar-refractivity contribution in [2.75, 3.05) is 12.4 Å². The summed E-state index contributed by atoms with van der Waals surface area (Å²) in [6, 6.07) is 13.5. The maximum atomic E-state index is 13.0. The number of halogens is 1. The lowest BCUT2D eigenvalue weighted by molar-refractivity contribution is 0.623. The molecular weight excluding hydrogens is 261 g/mol. The lowest BCUT2D eigenvalue weighted by atomic mass is 9.93. The Bertz CT molecular complexity index is 575. The summed E-state index contributed by atoms with van der Waals surface area (Å²) in [4.78, 5) is 0. The standard InChI is InChI=1S/C19H24FN/c1-4-15-6-12-19(21-3)17(13-15)7-5-14(2)16-8-10-18(20)11-9-16/h6,8-14,21H,4-5,7H2,1-3H3. The van der Waals surface area contributed by atoms with Gasteiger partial charge < -0.3 is 5.32 Å². The summed E-state index contributed by atoms with van der Waals surface area (Å²) in [5.74, 6) is 0.264. The van der Waals surface area contributed by atoms with Crippen molar-refractivity contribution in [3.63, 3.8) is 0 Å². The largest absolute Gasteiger partial charge is 0.388 e. The van der Waals surface area contributed by atoms with Crippen molar-refractivity contribution >= 4 is 5.69 Å². The van der Waals surface area contributed by atoms with Gasteiger partial charge in [-0.1, -0.05) is 38.1 Å². The zero-order valence-corrected chi connectivity index (χ0v) is 13.1. The van der Waals surface area contributed by atoms with E-state index in [4.69, 9.17) is 0 Å². The van der Waals surface area contributed by atoms with Crippen molar-refractivity contribution in [3.8, 4) is 0 Å². The molecule has 2 rings (SSSR count). The molecule has 0 aliphatic heterocycles. The molecule has 0 bridgehead atoms. The molecule has 0 heterocycles. The van der Waals surface area contributed by atoms with Gasteiger partial charge in [-0.15, -0.1) is 0 Å². The van der Waals surface area contributed by atoms with Gasteiger partial charge in [0, 0.05) is 12.7 Å². The molecule has 0 amide bonds. The molecule has 21 heavy (non-hydrogen) atoms. The summed E-state index contributed by atoms with van der Waals surface area (Å²) in [5.41, 5.74) is 5.15. The number of nitrogens with one attached hydrogen (secondary N) is 1. The number of rotatable bonds is 6. The minimum Gasteiger partial charge on any atom is -0.388 e. The zero-order valence-electron chi connectivity index (χ0n) is 13.1. The molecule has 0 saturated heterocycles. The van der Waals surface area contributed by atoms with E-state index in [1.54, 1.807) is 12.1 Å². The zero-order chi connectivity index (χ0) is 15.2. The SMILES string of the molecule is CCc1ccc(NC)c(CCC(C)c2ccc(F)cc2)c1. The predicted molar refractivity (Wildman–Crippen MR) is 88.5 cm³/mol. The maximum Gasteiger partial charge on any atom is 0.123 e. The van der Waals surface area contributed by atoms with Gasteiger partial charge in [0.25, 0.3) is 0 Å². The summed E-state index contributed by atoms with van der Waals surface area (Å²) >= 11 is 0. The second-order valence-electron chi connectivity index (χ2n) is 5.59. The van der Waals surface area contributed by atoms with Crippen molar-refractivity contribution in [1.82, 2.24) is 0 Å². The molecule has 0 saturated carbocycles. The Labute approximate surface area is 127 Å². The molecule has 0 aliphatic rings. The van der Waals surface area contributed by atoms with Gasteiger partial charge in [0.2, 0.25) is 0 Å². The van der Waals surface area contributed by atoms with Gasteiger partial charge in [0.1, 0.15) is 5.82 Å². The monoisotopic (exact) mass is 285 g/mol. The number of anilines is 1. The van der Waals surface area contributed by atoms with Crippen LogP contribution in [0.2, 0.25) is 0 Å². The molecular formula is C19H24FN. The van der Waals surface area contributed by atoms with Gasteiger partial charge in [0.05, 0.1) is 0 Å². The van der Waals surface area contributed by atoms with E-state index < -0.39 is 0 Å². The fourth-order valence-corrected chi connectivity index (χ4v) is 2.65. The van der Waals surface area contributed by atoms with Crippen molar-refractivity contribution in [2.45, 2.75) is 39.0 Å². The molecule has 0 spiro atoms. The van der Waals surface area contributed by atoms with E-state index in [1.807, 2.05) is 19.2 Å². The third-order valence-corrected chi connectivity index (χ3v) is 4.13. The molecule has 2 aromatic carbocycles. The van der Waals surface area contributed by atoms with E-state index in [1.165, 1.54) is 22.4 Å². The normalized spacial score (nSPS) is 12.2. The van der Waals surface area contributed by atoms with Gasteiger partial charge in [0.15, 0.2) is 0 Å². The summed E-state index contributed by atoms with van der Waals surface area (Å²) < 4.78 is 13.0. The molecule has 0 radical (unpaired) electrons. The Morgan fingerprint density at radius 3 is 2.43 bits per heavy atom. The average molecular weight is 285 g/mol. The highest BCUT2D eigenvalue weighted by atomic mass is 19.1. The van der Waals surface area contributed by atoms with E-state index in [9.17, 15) is 4.39 Å². The van der Waals surface area contributed by atoms with E-state index in [0.717, 1.165) is 19.3 Å². The Morgan fingerprint density at radius 2 is 1.81 bits per heavy atom. The number of benzene rings is 2. The fourth-order valence-electron chi connectivity index (χ4n) is 2.65. The third-order valence-electron chi connectivity index (χ3n) is 4.13. The summed E-state index contributed by atoms with van der Waals surface area (Å²) in [5, 5.41) is 3.27. The molecule has 1 nitrogen and oxygen atoms in total. The molecule has 1 atom stereocenters.